The van der Waals surface area contributed by atoms with Crippen molar-refractivity contribution in [2.45, 2.75) is 25.7 Å². The first kappa shape index (κ1) is 21.3. The summed E-state index contributed by atoms with van der Waals surface area (Å²) in [6, 6.07) is 33.4. The lowest BCUT2D eigenvalue weighted by Gasteiger charge is -2.19. The highest BCUT2D eigenvalue weighted by atomic mass is 32.1. The minimum atomic E-state index is 0.737. The maximum absolute atomic E-state index is 5.30. The van der Waals surface area contributed by atoms with Crippen LogP contribution in [0.3, 0.4) is 0 Å². The first-order valence-electron chi connectivity index (χ1n) is 14.1. The molecule has 0 aliphatic heterocycles. The van der Waals surface area contributed by atoms with E-state index in [-0.39, 0.29) is 0 Å². The van der Waals surface area contributed by atoms with E-state index in [4.69, 9.17) is 9.97 Å². The molecule has 0 N–H and O–H groups in total. The fourth-order valence-electron chi connectivity index (χ4n) is 7.07. The van der Waals surface area contributed by atoms with Gasteiger partial charge in [0.05, 0.1) is 22.2 Å². The number of rotatable bonds is 2. The summed E-state index contributed by atoms with van der Waals surface area (Å²) in [6.07, 6.45) is 4.64. The van der Waals surface area contributed by atoms with Crippen LogP contribution < -0.4 is 0 Å². The van der Waals surface area contributed by atoms with Crippen LogP contribution in [0.5, 0.6) is 0 Å². The fraction of sp³-hybridized carbons (Fsp3) is 0.111. The van der Waals surface area contributed by atoms with Crippen LogP contribution in [-0.2, 0) is 25.7 Å². The van der Waals surface area contributed by atoms with Crippen molar-refractivity contribution in [3.05, 3.63) is 113 Å². The van der Waals surface area contributed by atoms with Crippen molar-refractivity contribution < 1.29 is 0 Å². The Morgan fingerprint density at radius 2 is 1.35 bits per heavy atom. The Morgan fingerprint density at radius 1 is 0.575 bits per heavy atom. The summed E-state index contributed by atoms with van der Waals surface area (Å²) in [5.74, 6) is 0.737. The molecule has 188 valence electrons. The minimum absolute atomic E-state index is 0.737. The van der Waals surface area contributed by atoms with E-state index in [2.05, 4.69) is 95.6 Å². The van der Waals surface area contributed by atoms with Gasteiger partial charge in [0.2, 0.25) is 5.95 Å². The zero-order valence-corrected chi connectivity index (χ0v) is 22.6. The zero-order chi connectivity index (χ0) is 25.9. The molecular weight excluding hydrogens is 506 g/mol. The van der Waals surface area contributed by atoms with Gasteiger partial charge >= 0.3 is 0 Å². The van der Waals surface area contributed by atoms with Gasteiger partial charge in [0.25, 0.3) is 0 Å². The van der Waals surface area contributed by atoms with Crippen LogP contribution in [0.1, 0.15) is 22.3 Å². The van der Waals surface area contributed by atoms with Gasteiger partial charge in [0, 0.05) is 41.9 Å². The van der Waals surface area contributed by atoms with Crippen molar-refractivity contribution in [1.82, 2.24) is 14.5 Å². The van der Waals surface area contributed by atoms with Crippen LogP contribution in [0.2, 0.25) is 0 Å². The fourth-order valence-corrected chi connectivity index (χ4v) is 8.30. The molecule has 3 aromatic heterocycles. The lowest BCUT2D eigenvalue weighted by Crippen LogP contribution is -2.08. The number of para-hydroxylation sites is 1. The van der Waals surface area contributed by atoms with Crippen molar-refractivity contribution in [1.29, 1.82) is 0 Å². The molecule has 0 amide bonds. The van der Waals surface area contributed by atoms with Crippen molar-refractivity contribution in [2.24, 2.45) is 0 Å². The smallest absolute Gasteiger partial charge is 0.235 e. The van der Waals surface area contributed by atoms with E-state index < -0.39 is 0 Å². The molecule has 3 heterocycles. The van der Waals surface area contributed by atoms with Crippen molar-refractivity contribution >= 4 is 64.2 Å². The molecule has 10 rings (SSSR count). The van der Waals surface area contributed by atoms with E-state index in [1.54, 1.807) is 0 Å². The summed E-state index contributed by atoms with van der Waals surface area (Å²) < 4.78 is 5.08. The number of benzene rings is 5. The molecule has 5 aromatic carbocycles. The maximum atomic E-state index is 5.30. The number of hydrogen-bond donors (Lipinski definition) is 0. The van der Waals surface area contributed by atoms with Gasteiger partial charge in [-0.15, -0.1) is 11.3 Å². The Kier molecular flexibility index (Phi) is 4.02. The van der Waals surface area contributed by atoms with Crippen LogP contribution in [0.4, 0.5) is 0 Å². The molecule has 0 atom stereocenters. The highest BCUT2D eigenvalue weighted by Crippen LogP contribution is 2.44. The molecule has 4 heteroatoms. The topological polar surface area (TPSA) is 30.7 Å². The van der Waals surface area contributed by atoms with Crippen LogP contribution in [0, 0.1) is 0 Å². The van der Waals surface area contributed by atoms with Crippen LogP contribution in [-0.4, -0.2) is 14.5 Å². The molecule has 0 fully saturated rings. The SMILES string of the molecule is c1ccc(-c2nc(-n3c4cc5c(cc4c4cc6c(cc43)sc3cc4cc(c36)CC4)CC5)nc3ccccc23)cc1. The normalized spacial score (nSPS) is 14.1. The Labute approximate surface area is 234 Å². The predicted molar refractivity (Wildman–Crippen MR) is 167 cm³/mol. The van der Waals surface area contributed by atoms with Gasteiger partial charge < -0.3 is 0 Å². The monoisotopic (exact) mass is 529 g/mol. The van der Waals surface area contributed by atoms with E-state index in [0.29, 0.717) is 0 Å². The van der Waals surface area contributed by atoms with Gasteiger partial charge in [-0.05, 0) is 84.3 Å². The molecule has 0 spiro atoms. The van der Waals surface area contributed by atoms with E-state index >= 15 is 0 Å². The summed E-state index contributed by atoms with van der Waals surface area (Å²) >= 11 is 1.93. The van der Waals surface area contributed by atoms with Gasteiger partial charge in [-0.3, -0.25) is 4.57 Å². The minimum Gasteiger partial charge on any atom is -0.278 e. The number of nitrogens with zero attached hydrogens (tertiary/aromatic N) is 3. The Bertz CT molecular complexity index is 2380. The van der Waals surface area contributed by atoms with Crippen molar-refractivity contribution in [2.75, 3.05) is 0 Å². The summed E-state index contributed by atoms with van der Waals surface area (Å²) in [5.41, 5.74) is 11.4. The van der Waals surface area contributed by atoms with Crippen molar-refractivity contribution in [3.63, 3.8) is 0 Å². The Morgan fingerprint density at radius 3 is 2.25 bits per heavy atom. The Hall–Kier alpha value is -4.54. The number of aryl methyl sites for hydroxylation is 4. The number of fused-ring (bicyclic) bond motifs is 11. The molecular formula is C36H23N3S. The summed E-state index contributed by atoms with van der Waals surface area (Å²) in [4.78, 5) is 10.5. The lowest BCUT2D eigenvalue weighted by molar-refractivity contribution is 0.842. The van der Waals surface area contributed by atoms with Crippen LogP contribution in [0.15, 0.2) is 91.0 Å². The maximum Gasteiger partial charge on any atom is 0.235 e. The third-order valence-corrected chi connectivity index (χ3v) is 10.2. The average Bonchev–Trinajstić information content (AvgIpc) is 3.63. The van der Waals surface area contributed by atoms with E-state index in [9.17, 15) is 0 Å². The molecule has 2 aliphatic carbocycles. The van der Waals surface area contributed by atoms with Gasteiger partial charge in [0.15, 0.2) is 0 Å². The average molecular weight is 530 g/mol. The van der Waals surface area contributed by atoms with E-state index in [1.165, 1.54) is 77.1 Å². The quantitative estimate of drug-likeness (QED) is 0.224. The number of hydrogen-bond acceptors (Lipinski definition) is 3. The lowest BCUT2D eigenvalue weighted by atomic mass is 9.87. The molecule has 0 saturated carbocycles. The molecule has 3 nitrogen and oxygen atoms in total. The third-order valence-electron chi connectivity index (χ3n) is 9.11. The predicted octanol–water partition coefficient (Wildman–Crippen LogP) is 8.96. The second kappa shape index (κ2) is 7.56. The van der Waals surface area contributed by atoms with Gasteiger partial charge in [-0.25, -0.2) is 9.97 Å². The van der Waals surface area contributed by atoms with E-state index in [1.807, 2.05) is 11.3 Å². The highest BCUT2D eigenvalue weighted by molar-refractivity contribution is 7.26. The molecule has 0 radical (unpaired) electrons. The standard InChI is InChI=1S/C36H23N3S/c1-2-6-21(7-3-1)35-25-8-4-5-9-29(25)37-36(38-35)39-30-17-23-13-12-22(23)16-26(30)27-18-28-32(19-31(27)39)40-33-15-20-10-11-24(14-20)34(28)33/h1-9,14-19H,10-13H2. The first-order valence-corrected chi connectivity index (χ1v) is 14.9. The molecule has 2 aliphatic rings. The summed E-state index contributed by atoms with van der Waals surface area (Å²) in [7, 11) is 0. The third kappa shape index (κ3) is 2.79. The van der Waals surface area contributed by atoms with Crippen LogP contribution >= 0.6 is 11.3 Å². The molecule has 0 unspecified atom stereocenters. The molecule has 8 aromatic rings. The van der Waals surface area contributed by atoms with Crippen LogP contribution in [0.25, 0.3) is 70.1 Å². The van der Waals surface area contributed by atoms with Gasteiger partial charge in [-0.1, -0.05) is 54.6 Å². The highest BCUT2D eigenvalue weighted by Gasteiger charge is 2.23. The summed E-state index contributed by atoms with van der Waals surface area (Å²) in [5, 5.41) is 6.53. The number of thiophene rings is 1. The first-order chi connectivity index (χ1) is 19.8. The molecule has 2 bridgehead atoms. The largest absolute Gasteiger partial charge is 0.278 e. The summed E-state index contributed by atoms with van der Waals surface area (Å²) in [6.45, 7) is 0. The van der Waals surface area contributed by atoms with Crippen molar-refractivity contribution in [3.8, 4) is 17.2 Å². The van der Waals surface area contributed by atoms with Gasteiger partial charge in [0.1, 0.15) is 0 Å². The molecule has 40 heavy (non-hydrogen) atoms. The second-order valence-corrected chi connectivity index (χ2v) is 12.4. The molecule has 0 saturated heterocycles. The van der Waals surface area contributed by atoms with Gasteiger partial charge in [-0.2, -0.15) is 0 Å². The number of aromatic nitrogens is 3. The Balaban J connectivity index is 1.35. The van der Waals surface area contributed by atoms with E-state index in [0.717, 1.165) is 41.0 Å². The zero-order valence-electron chi connectivity index (χ0n) is 21.7. The second-order valence-electron chi connectivity index (χ2n) is 11.3.